The fourth-order valence-corrected chi connectivity index (χ4v) is 2.02. The molecule has 1 rings (SSSR count). The van der Waals surface area contributed by atoms with Crippen LogP contribution in [0.4, 0.5) is 0 Å². The minimum atomic E-state index is -0.581. The Hall–Kier alpha value is -0.920. The zero-order valence-corrected chi connectivity index (χ0v) is 8.53. The first-order valence-electron chi connectivity index (χ1n) is 4.66. The van der Waals surface area contributed by atoms with Crippen LogP contribution in [0.3, 0.4) is 0 Å². The fraction of sp³-hybridized carbons (Fsp3) is 0.800. The van der Waals surface area contributed by atoms with Crippen LogP contribution in [-0.2, 0) is 14.3 Å². The van der Waals surface area contributed by atoms with Gasteiger partial charge in [0.1, 0.15) is 12.2 Å². The van der Waals surface area contributed by atoms with Crippen LogP contribution >= 0.6 is 0 Å². The van der Waals surface area contributed by atoms with Crippen LogP contribution in [0.5, 0.6) is 0 Å². The molecule has 4 nitrogen and oxygen atoms in total. The zero-order chi connectivity index (χ0) is 10.6. The molecular formula is C10H15NO3. The Kier molecular flexibility index (Phi) is 3.62. The average Bonchev–Trinajstić information content (AvgIpc) is 2.65. The van der Waals surface area contributed by atoms with Gasteiger partial charge in [-0.15, -0.1) is 0 Å². The summed E-state index contributed by atoms with van der Waals surface area (Å²) in [4.78, 5) is 10.6. The largest absolute Gasteiger partial charge is 0.353 e. The van der Waals surface area contributed by atoms with E-state index in [1.54, 1.807) is 14.2 Å². The average molecular weight is 197 g/mol. The molecule has 0 radical (unpaired) electrons. The molecule has 1 aliphatic rings. The van der Waals surface area contributed by atoms with E-state index in [2.05, 4.69) is 0 Å². The van der Waals surface area contributed by atoms with Gasteiger partial charge >= 0.3 is 0 Å². The third kappa shape index (κ3) is 1.94. The maximum Gasteiger partial charge on any atom is 0.167 e. The molecule has 14 heavy (non-hydrogen) atoms. The Morgan fingerprint density at radius 2 is 2.21 bits per heavy atom. The van der Waals surface area contributed by atoms with Crippen LogP contribution in [0.2, 0.25) is 0 Å². The molecule has 0 heterocycles. The molecule has 0 aromatic carbocycles. The summed E-state index contributed by atoms with van der Waals surface area (Å²) in [6.07, 6.45) is 2.89. The van der Waals surface area contributed by atoms with E-state index in [1.807, 2.05) is 6.07 Å². The lowest BCUT2D eigenvalue weighted by Gasteiger charge is -2.26. The first kappa shape index (κ1) is 11.2. The molecule has 0 spiro atoms. The molecule has 1 aliphatic carbocycles. The second-order valence-corrected chi connectivity index (χ2v) is 3.61. The highest BCUT2D eigenvalue weighted by molar-refractivity contribution is 5.58. The topological polar surface area (TPSA) is 59.3 Å². The van der Waals surface area contributed by atoms with Crippen molar-refractivity contribution in [1.82, 2.24) is 0 Å². The Bertz CT molecular complexity index is 242. The Labute approximate surface area is 83.8 Å². The van der Waals surface area contributed by atoms with Crippen molar-refractivity contribution < 1.29 is 14.3 Å². The van der Waals surface area contributed by atoms with Crippen LogP contribution in [0.1, 0.15) is 19.3 Å². The number of nitrogens with zero attached hydrogens (tertiary/aromatic N) is 1. The number of carbonyl (C=O) groups is 1. The first-order valence-corrected chi connectivity index (χ1v) is 4.66. The van der Waals surface area contributed by atoms with Crippen molar-refractivity contribution in [2.24, 2.45) is 11.8 Å². The number of hydrogen-bond donors (Lipinski definition) is 0. The molecule has 78 valence electrons. The first-order chi connectivity index (χ1) is 6.71. The summed E-state index contributed by atoms with van der Waals surface area (Å²) in [5.41, 5.74) is 0. The maximum absolute atomic E-state index is 10.6. The molecule has 2 unspecified atom stereocenters. The van der Waals surface area contributed by atoms with Gasteiger partial charge in [0.15, 0.2) is 5.79 Å². The van der Waals surface area contributed by atoms with Crippen molar-refractivity contribution in [3.8, 4) is 6.07 Å². The predicted molar refractivity (Wildman–Crippen MR) is 49.3 cm³/mol. The van der Waals surface area contributed by atoms with E-state index in [-0.39, 0.29) is 5.92 Å². The normalized spacial score (nSPS) is 26.8. The number of rotatable bonds is 4. The van der Waals surface area contributed by atoms with Gasteiger partial charge in [0, 0.05) is 27.1 Å². The van der Waals surface area contributed by atoms with Crippen LogP contribution < -0.4 is 0 Å². The molecule has 0 aromatic heterocycles. The number of hydrogen-bond acceptors (Lipinski definition) is 4. The monoisotopic (exact) mass is 197 g/mol. The van der Waals surface area contributed by atoms with Gasteiger partial charge in [-0.05, 0) is 12.3 Å². The lowest BCUT2D eigenvalue weighted by molar-refractivity contribution is -0.202. The SMILES string of the molecule is COC1(OC)CCC(C(C#N)C=O)C1. The van der Waals surface area contributed by atoms with Crippen molar-refractivity contribution in [2.45, 2.75) is 25.0 Å². The predicted octanol–water partition coefficient (Wildman–Crippen LogP) is 1.11. The van der Waals surface area contributed by atoms with Gasteiger partial charge < -0.3 is 14.3 Å². The molecular weight excluding hydrogens is 182 g/mol. The number of nitriles is 1. The second-order valence-electron chi connectivity index (χ2n) is 3.61. The van der Waals surface area contributed by atoms with Gasteiger partial charge in [0.05, 0.1) is 6.07 Å². The Morgan fingerprint density at radius 1 is 1.57 bits per heavy atom. The molecule has 0 saturated heterocycles. The van der Waals surface area contributed by atoms with Gasteiger partial charge in [-0.25, -0.2) is 0 Å². The summed E-state index contributed by atoms with van der Waals surface area (Å²) >= 11 is 0. The van der Waals surface area contributed by atoms with E-state index >= 15 is 0 Å². The third-order valence-electron chi connectivity index (χ3n) is 3.02. The van der Waals surface area contributed by atoms with Crippen molar-refractivity contribution in [2.75, 3.05) is 14.2 Å². The van der Waals surface area contributed by atoms with Gasteiger partial charge in [0.25, 0.3) is 0 Å². The summed E-state index contributed by atoms with van der Waals surface area (Å²) < 4.78 is 10.5. The van der Waals surface area contributed by atoms with Crippen LogP contribution in [0, 0.1) is 23.2 Å². The van der Waals surface area contributed by atoms with Gasteiger partial charge in [-0.1, -0.05) is 0 Å². The van der Waals surface area contributed by atoms with Crippen molar-refractivity contribution in [3.05, 3.63) is 0 Å². The number of methoxy groups -OCH3 is 2. The molecule has 0 aliphatic heterocycles. The summed E-state index contributed by atoms with van der Waals surface area (Å²) in [5, 5.41) is 8.74. The minimum absolute atomic E-state index is 0.0670. The maximum atomic E-state index is 10.6. The number of carbonyl (C=O) groups excluding carboxylic acids is 1. The van der Waals surface area contributed by atoms with Gasteiger partial charge in [0.2, 0.25) is 0 Å². The van der Waals surface area contributed by atoms with E-state index in [9.17, 15) is 4.79 Å². The van der Waals surface area contributed by atoms with Crippen molar-refractivity contribution in [1.29, 1.82) is 5.26 Å². The summed E-state index contributed by atoms with van der Waals surface area (Å²) in [7, 11) is 3.18. The lowest BCUT2D eigenvalue weighted by Crippen LogP contribution is -2.31. The van der Waals surface area contributed by atoms with E-state index < -0.39 is 11.7 Å². The van der Waals surface area contributed by atoms with Crippen LogP contribution in [0.15, 0.2) is 0 Å². The van der Waals surface area contributed by atoms with Crippen LogP contribution in [-0.4, -0.2) is 26.3 Å². The van der Waals surface area contributed by atoms with Gasteiger partial charge in [-0.3, -0.25) is 0 Å². The molecule has 0 aromatic rings. The second kappa shape index (κ2) is 4.54. The molecule has 0 N–H and O–H groups in total. The Morgan fingerprint density at radius 3 is 2.57 bits per heavy atom. The fourth-order valence-electron chi connectivity index (χ4n) is 2.02. The molecule has 0 amide bonds. The molecule has 0 bridgehead atoms. The summed E-state index contributed by atoms with van der Waals surface area (Å²) in [6.45, 7) is 0. The summed E-state index contributed by atoms with van der Waals surface area (Å²) in [6, 6.07) is 2.00. The van der Waals surface area contributed by atoms with E-state index in [0.29, 0.717) is 12.7 Å². The van der Waals surface area contributed by atoms with E-state index in [4.69, 9.17) is 14.7 Å². The van der Waals surface area contributed by atoms with E-state index in [1.165, 1.54) is 0 Å². The van der Waals surface area contributed by atoms with Gasteiger partial charge in [-0.2, -0.15) is 5.26 Å². The summed E-state index contributed by atoms with van der Waals surface area (Å²) in [5.74, 6) is -1.04. The zero-order valence-electron chi connectivity index (χ0n) is 8.53. The molecule has 1 saturated carbocycles. The highest BCUT2D eigenvalue weighted by atomic mass is 16.7. The highest BCUT2D eigenvalue weighted by Crippen LogP contribution is 2.40. The third-order valence-corrected chi connectivity index (χ3v) is 3.02. The molecule has 1 fully saturated rings. The van der Waals surface area contributed by atoms with Crippen molar-refractivity contribution in [3.63, 3.8) is 0 Å². The number of ether oxygens (including phenoxy) is 2. The van der Waals surface area contributed by atoms with Crippen LogP contribution in [0.25, 0.3) is 0 Å². The number of aldehydes is 1. The lowest BCUT2D eigenvalue weighted by atomic mass is 9.93. The molecule has 2 atom stereocenters. The van der Waals surface area contributed by atoms with E-state index in [0.717, 1.165) is 12.8 Å². The van der Waals surface area contributed by atoms with Crippen molar-refractivity contribution >= 4 is 6.29 Å². The smallest absolute Gasteiger partial charge is 0.167 e. The standard InChI is InChI=1S/C10H15NO3/c1-13-10(14-2)4-3-8(5-10)9(6-11)7-12/h7-9H,3-5H2,1-2H3. The minimum Gasteiger partial charge on any atom is -0.353 e. The quantitative estimate of drug-likeness (QED) is 0.500. The Balaban J connectivity index is 2.64. The highest BCUT2D eigenvalue weighted by Gasteiger charge is 2.42. The molecule has 4 heteroatoms.